The summed E-state index contributed by atoms with van der Waals surface area (Å²) in [6.07, 6.45) is 0.190. The molecule has 0 bridgehead atoms. The first kappa shape index (κ1) is 14.4. The fourth-order valence-corrected chi connectivity index (χ4v) is 0.869. The van der Waals surface area contributed by atoms with Crippen molar-refractivity contribution in [3.05, 3.63) is 0 Å². The lowest BCUT2D eigenvalue weighted by atomic mass is 10.2. The Morgan fingerprint density at radius 2 is 1.80 bits per heavy atom. The van der Waals surface area contributed by atoms with Crippen LogP contribution in [0.4, 0.5) is 0 Å². The van der Waals surface area contributed by atoms with Gasteiger partial charge >= 0.3 is 5.97 Å². The molecule has 0 unspecified atom stereocenters. The number of carbonyl (C=O) groups excluding carboxylic acids is 1. The van der Waals surface area contributed by atoms with Gasteiger partial charge in [0.25, 0.3) is 0 Å². The van der Waals surface area contributed by atoms with E-state index in [-0.39, 0.29) is 18.7 Å². The monoisotopic (exact) mass is 218 g/mol. The van der Waals surface area contributed by atoms with Crippen LogP contribution in [0.2, 0.25) is 0 Å². The first-order valence-corrected chi connectivity index (χ1v) is 5.22. The molecule has 0 rings (SSSR count). The van der Waals surface area contributed by atoms with E-state index in [1.54, 1.807) is 0 Å². The minimum atomic E-state index is -0.450. The summed E-state index contributed by atoms with van der Waals surface area (Å²) in [5.41, 5.74) is -0.450. The van der Waals surface area contributed by atoms with Crippen LogP contribution in [0, 0.1) is 0 Å². The third-order valence-corrected chi connectivity index (χ3v) is 1.32. The zero-order valence-corrected chi connectivity index (χ0v) is 10.3. The van der Waals surface area contributed by atoms with Gasteiger partial charge in [-0.2, -0.15) is 0 Å². The van der Waals surface area contributed by atoms with Crippen molar-refractivity contribution >= 4 is 5.97 Å². The zero-order chi connectivity index (χ0) is 11.9. The van der Waals surface area contributed by atoms with E-state index in [9.17, 15) is 4.79 Å². The van der Waals surface area contributed by atoms with E-state index in [4.69, 9.17) is 14.2 Å². The predicted octanol–water partition coefficient (Wildman–Crippen LogP) is 1.77. The SMILES string of the molecule is CC(C)OCCOCC(=O)OC(C)(C)C. The summed E-state index contributed by atoms with van der Waals surface area (Å²) in [4.78, 5) is 11.2. The van der Waals surface area contributed by atoms with Gasteiger partial charge in [-0.1, -0.05) is 0 Å². The fraction of sp³-hybridized carbons (Fsp3) is 0.909. The highest BCUT2D eigenvalue weighted by molar-refractivity contribution is 5.71. The molecule has 0 radical (unpaired) electrons. The third kappa shape index (κ3) is 11.3. The number of rotatable bonds is 6. The number of esters is 1. The van der Waals surface area contributed by atoms with E-state index in [1.807, 2.05) is 34.6 Å². The molecule has 0 aliphatic carbocycles. The molecule has 0 heterocycles. The summed E-state index contributed by atoms with van der Waals surface area (Å²) >= 11 is 0. The molecule has 0 fully saturated rings. The van der Waals surface area contributed by atoms with Gasteiger partial charge in [-0.3, -0.25) is 0 Å². The largest absolute Gasteiger partial charge is 0.458 e. The summed E-state index contributed by atoms with van der Waals surface area (Å²) in [6.45, 7) is 10.3. The Bertz CT molecular complexity index is 182. The van der Waals surface area contributed by atoms with E-state index in [0.29, 0.717) is 13.2 Å². The topological polar surface area (TPSA) is 44.8 Å². The first-order valence-electron chi connectivity index (χ1n) is 5.22. The van der Waals surface area contributed by atoms with Crippen molar-refractivity contribution in [2.45, 2.75) is 46.3 Å². The number of carbonyl (C=O) groups is 1. The van der Waals surface area contributed by atoms with Gasteiger partial charge in [-0.05, 0) is 34.6 Å². The molecule has 0 N–H and O–H groups in total. The van der Waals surface area contributed by atoms with E-state index in [2.05, 4.69) is 0 Å². The summed E-state index contributed by atoms with van der Waals surface area (Å²) in [5.74, 6) is -0.341. The van der Waals surface area contributed by atoms with Crippen molar-refractivity contribution in [1.82, 2.24) is 0 Å². The molecule has 0 saturated heterocycles. The summed E-state index contributed by atoms with van der Waals surface area (Å²) in [6, 6.07) is 0. The zero-order valence-electron chi connectivity index (χ0n) is 10.3. The molecule has 0 amide bonds. The minimum Gasteiger partial charge on any atom is -0.458 e. The minimum absolute atomic E-state index is 0.0152. The molecule has 4 nitrogen and oxygen atoms in total. The Balaban J connectivity index is 3.40. The second kappa shape index (κ2) is 6.80. The number of hydrogen-bond acceptors (Lipinski definition) is 4. The molecule has 4 heteroatoms. The van der Waals surface area contributed by atoms with Crippen LogP contribution >= 0.6 is 0 Å². The van der Waals surface area contributed by atoms with E-state index >= 15 is 0 Å². The summed E-state index contributed by atoms with van der Waals surface area (Å²) in [5, 5.41) is 0. The van der Waals surface area contributed by atoms with Crippen LogP contribution in [0.3, 0.4) is 0 Å². The average Bonchev–Trinajstić information content (AvgIpc) is 1.99. The van der Waals surface area contributed by atoms with Gasteiger partial charge in [0.1, 0.15) is 12.2 Å². The molecule has 0 aliphatic rings. The normalized spacial score (nSPS) is 11.9. The molecule has 0 aliphatic heterocycles. The Hall–Kier alpha value is -0.610. The van der Waals surface area contributed by atoms with Crippen LogP contribution < -0.4 is 0 Å². The van der Waals surface area contributed by atoms with Crippen LogP contribution in [0.5, 0.6) is 0 Å². The maximum Gasteiger partial charge on any atom is 0.332 e. The van der Waals surface area contributed by atoms with Crippen LogP contribution in [0.1, 0.15) is 34.6 Å². The van der Waals surface area contributed by atoms with E-state index in [0.717, 1.165) is 0 Å². The van der Waals surface area contributed by atoms with Gasteiger partial charge in [0, 0.05) is 0 Å². The lowest BCUT2D eigenvalue weighted by Gasteiger charge is -2.19. The van der Waals surface area contributed by atoms with Crippen molar-refractivity contribution in [2.75, 3.05) is 19.8 Å². The average molecular weight is 218 g/mol. The molecule has 0 aromatic carbocycles. The lowest BCUT2D eigenvalue weighted by molar-refractivity contribution is -0.160. The Morgan fingerprint density at radius 1 is 1.20 bits per heavy atom. The third-order valence-electron chi connectivity index (χ3n) is 1.32. The number of ether oxygens (including phenoxy) is 3. The van der Waals surface area contributed by atoms with Gasteiger partial charge in [0.2, 0.25) is 0 Å². The molecule has 15 heavy (non-hydrogen) atoms. The smallest absolute Gasteiger partial charge is 0.332 e. The second-order valence-corrected chi connectivity index (χ2v) is 4.56. The molecular formula is C11H22O4. The van der Waals surface area contributed by atoms with Gasteiger partial charge < -0.3 is 14.2 Å². The number of hydrogen-bond donors (Lipinski definition) is 0. The van der Waals surface area contributed by atoms with Crippen molar-refractivity contribution in [1.29, 1.82) is 0 Å². The molecule has 0 atom stereocenters. The second-order valence-electron chi connectivity index (χ2n) is 4.56. The fourth-order valence-electron chi connectivity index (χ4n) is 0.869. The Morgan fingerprint density at radius 3 is 2.27 bits per heavy atom. The standard InChI is InChI=1S/C11H22O4/c1-9(2)14-7-6-13-8-10(12)15-11(3,4)5/h9H,6-8H2,1-5H3. The summed E-state index contributed by atoms with van der Waals surface area (Å²) in [7, 11) is 0. The van der Waals surface area contributed by atoms with E-state index < -0.39 is 5.60 Å². The molecular weight excluding hydrogens is 196 g/mol. The van der Waals surface area contributed by atoms with Gasteiger partial charge in [0.15, 0.2) is 0 Å². The lowest BCUT2D eigenvalue weighted by Crippen LogP contribution is -2.27. The highest BCUT2D eigenvalue weighted by atomic mass is 16.6. The van der Waals surface area contributed by atoms with Crippen molar-refractivity contribution < 1.29 is 19.0 Å². The summed E-state index contributed by atoms with van der Waals surface area (Å²) < 4.78 is 15.4. The molecule has 90 valence electrons. The van der Waals surface area contributed by atoms with Crippen LogP contribution in [0.15, 0.2) is 0 Å². The molecule has 0 aromatic rings. The molecule has 0 aromatic heterocycles. The predicted molar refractivity (Wildman–Crippen MR) is 57.8 cm³/mol. The van der Waals surface area contributed by atoms with Gasteiger partial charge in [0.05, 0.1) is 19.3 Å². The van der Waals surface area contributed by atoms with Gasteiger partial charge in [-0.15, -0.1) is 0 Å². The highest BCUT2D eigenvalue weighted by Gasteiger charge is 2.15. The molecule has 0 saturated carbocycles. The maximum atomic E-state index is 11.2. The van der Waals surface area contributed by atoms with Crippen LogP contribution in [-0.4, -0.2) is 37.5 Å². The Kier molecular flexibility index (Phi) is 6.52. The maximum absolute atomic E-state index is 11.2. The van der Waals surface area contributed by atoms with Crippen molar-refractivity contribution in [3.63, 3.8) is 0 Å². The van der Waals surface area contributed by atoms with Crippen molar-refractivity contribution in [2.24, 2.45) is 0 Å². The highest BCUT2D eigenvalue weighted by Crippen LogP contribution is 2.06. The van der Waals surface area contributed by atoms with E-state index in [1.165, 1.54) is 0 Å². The Labute approximate surface area is 91.9 Å². The molecule has 0 spiro atoms. The van der Waals surface area contributed by atoms with Crippen LogP contribution in [0.25, 0.3) is 0 Å². The first-order chi connectivity index (χ1) is 6.81. The van der Waals surface area contributed by atoms with Gasteiger partial charge in [-0.25, -0.2) is 4.79 Å². The van der Waals surface area contributed by atoms with Crippen molar-refractivity contribution in [3.8, 4) is 0 Å². The van der Waals surface area contributed by atoms with Crippen LogP contribution in [-0.2, 0) is 19.0 Å². The quantitative estimate of drug-likeness (QED) is 0.503.